The van der Waals surface area contributed by atoms with Crippen molar-refractivity contribution in [1.29, 1.82) is 0 Å². The number of benzene rings is 1. The smallest absolute Gasteiger partial charge is 0.312 e. The van der Waals surface area contributed by atoms with E-state index in [9.17, 15) is 22.4 Å². The predicted molar refractivity (Wildman–Crippen MR) is 81.7 cm³/mol. The molecular formula is C14H18FN3O4S. The molecule has 2 atom stereocenters. The second-order valence-electron chi connectivity index (χ2n) is 5.45. The summed E-state index contributed by atoms with van der Waals surface area (Å²) in [4.78, 5) is 23.1. The lowest BCUT2D eigenvalue weighted by Gasteiger charge is -2.19. The number of primary amides is 1. The first-order valence-electron chi connectivity index (χ1n) is 7.07. The van der Waals surface area contributed by atoms with Gasteiger partial charge in [-0.05, 0) is 12.5 Å². The topological polar surface area (TPSA) is 118 Å². The third kappa shape index (κ3) is 4.92. The lowest BCUT2D eigenvalue weighted by Crippen LogP contribution is -2.40. The molecule has 126 valence electrons. The van der Waals surface area contributed by atoms with Crippen LogP contribution < -0.4 is 16.4 Å². The van der Waals surface area contributed by atoms with Gasteiger partial charge in [-0.15, -0.1) is 0 Å². The number of hydrogen-bond donors (Lipinski definition) is 3. The molecule has 7 nitrogen and oxygen atoms in total. The van der Waals surface area contributed by atoms with Gasteiger partial charge in [0.15, 0.2) is 9.84 Å². The summed E-state index contributed by atoms with van der Waals surface area (Å²) in [7, 11) is -3.11. The maximum Gasteiger partial charge on any atom is 0.312 e. The first-order chi connectivity index (χ1) is 10.8. The molecule has 3 amide bonds. The fraction of sp³-hybridized carbons (Fsp3) is 0.429. The summed E-state index contributed by atoms with van der Waals surface area (Å²) >= 11 is 0. The van der Waals surface area contributed by atoms with Gasteiger partial charge in [0.05, 0.1) is 24.0 Å². The first-order valence-corrected chi connectivity index (χ1v) is 8.89. The summed E-state index contributed by atoms with van der Waals surface area (Å²) in [5.74, 6) is -1.11. The lowest BCUT2D eigenvalue weighted by atomic mass is 10.0. The zero-order chi connectivity index (χ0) is 17.0. The van der Waals surface area contributed by atoms with E-state index in [1.165, 1.54) is 18.2 Å². The Balaban J connectivity index is 2.04. The zero-order valence-corrected chi connectivity index (χ0v) is 13.1. The molecule has 23 heavy (non-hydrogen) atoms. The van der Waals surface area contributed by atoms with E-state index in [0.29, 0.717) is 6.42 Å². The van der Waals surface area contributed by atoms with Crippen molar-refractivity contribution in [3.8, 4) is 0 Å². The Morgan fingerprint density at radius 2 is 2.04 bits per heavy atom. The molecule has 1 aliphatic heterocycles. The molecule has 0 spiro atoms. The van der Waals surface area contributed by atoms with Crippen molar-refractivity contribution in [3.63, 3.8) is 0 Å². The summed E-state index contributed by atoms with van der Waals surface area (Å²) < 4.78 is 36.6. The Bertz CT molecular complexity index is 708. The average Bonchev–Trinajstić information content (AvgIpc) is 2.77. The van der Waals surface area contributed by atoms with Gasteiger partial charge in [0, 0.05) is 11.6 Å². The van der Waals surface area contributed by atoms with Crippen LogP contribution in [0.5, 0.6) is 0 Å². The van der Waals surface area contributed by atoms with Gasteiger partial charge in [0.2, 0.25) is 5.91 Å². The van der Waals surface area contributed by atoms with Crippen LogP contribution in [0.15, 0.2) is 24.3 Å². The van der Waals surface area contributed by atoms with Crippen molar-refractivity contribution >= 4 is 21.8 Å². The SMILES string of the molecule is NC(=O)N[C@H](CC(=O)N[C@H]1CCS(=O)(=O)C1)c1ccccc1F. The van der Waals surface area contributed by atoms with Crippen molar-refractivity contribution in [1.82, 2.24) is 10.6 Å². The van der Waals surface area contributed by atoms with Crippen molar-refractivity contribution in [2.75, 3.05) is 11.5 Å². The number of urea groups is 1. The van der Waals surface area contributed by atoms with Gasteiger partial charge in [0.25, 0.3) is 0 Å². The summed E-state index contributed by atoms with van der Waals surface area (Å²) in [6, 6.07) is 3.47. The molecule has 0 aliphatic carbocycles. The number of halogens is 1. The summed E-state index contributed by atoms with van der Waals surface area (Å²) in [5.41, 5.74) is 5.21. The highest BCUT2D eigenvalue weighted by Gasteiger charge is 2.30. The van der Waals surface area contributed by atoms with Crippen LogP contribution >= 0.6 is 0 Å². The van der Waals surface area contributed by atoms with Gasteiger partial charge >= 0.3 is 6.03 Å². The standard InChI is InChI=1S/C14H18FN3O4S/c15-11-4-2-1-3-10(11)12(18-14(16)20)7-13(19)17-9-5-6-23(21,22)8-9/h1-4,9,12H,5-8H2,(H,17,19)(H3,16,18,20)/t9-,12+/m0/s1. The van der Waals surface area contributed by atoms with Crippen LogP contribution in [0.2, 0.25) is 0 Å². The van der Waals surface area contributed by atoms with Crippen LogP contribution in [0.4, 0.5) is 9.18 Å². The third-order valence-electron chi connectivity index (χ3n) is 3.58. The Labute approximate surface area is 133 Å². The third-order valence-corrected chi connectivity index (χ3v) is 5.35. The van der Waals surface area contributed by atoms with Gasteiger partial charge in [-0.1, -0.05) is 18.2 Å². The van der Waals surface area contributed by atoms with Gasteiger partial charge in [0.1, 0.15) is 5.82 Å². The van der Waals surface area contributed by atoms with E-state index in [1.807, 2.05) is 0 Å². The molecule has 0 saturated carbocycles. The highest BCUT2D eigenvalue weighted by atomic mass is 32.2. The molecule has 0 radical (unpaired) electrons. The molecule has 0 unspecified atom stereocenters. The number of carbonyl (C=O) groups excluding carboxylic acids is 2. The first kappa shape index (κ1) is 17.2. The number of hydrogen-bond acceptors (Lipinski definition) is 4. The average molecular weight is 343 g/mol. The molecule has 0 aromatic heterocycles. The molecular weight excluding hydrogens is 325 g/mol. The molecule has 2 rings (SSSR count). The van der Waals surface area contributed by atoms with E-state index >= 15 is 0 Å². The highest BCUT2D eigenvalue weighted by molar-refractivity contribution is 7.91. The summed E-state index contributed by atoms with van der Waals surface area (Å²) in [6.07, 6.45) is 0.113. The number of carbonyl (C=O) groups is 2. The van der Waals surface area contributed by atoms with E-state index < -0.39 is 39.7 Å². The van der Waals surface area contributed by atoms with Crippen molar-refractivity contribution < 1.29 is 22.4 Å². The predicted octanol–water partition coefficient (Wildman–Crippen LogP) is 0.229. The molecule has 1 heterocycles. The normalized spacial score (nSPS) is 20.7. The minimum absolute atomic E-state index is 0.0359. The van der Waals surface area contributed by atoms with E-state index in [4.69, 9.17) is 5.73 Å². The van der Waals surface area contributed by atoms with Crippen LogP contribution in [0, 0.1) is 5.82 Å². The van der Waals surface area contributed by atoms with Crippen molar-refractivity contribution in [2.45, 2.75) is 24.9 Å². The molecule has 9 heteroatoms. The minimum atomic E-state index is -3.11. The van der Waals surface area contributed by atoms with Gasteiger partial charge < -0.3 is 16.4 Å². The second kappa shape index (κ2) is 6.95. The van der Waals surface area contributed by atoms with Crippen LogP contribution in [-0.2, 0) is 14.6 Å². The van der Waals surface area contributed by atoms with Crippen LogP contribution in [0.3, 0.4) is 0 Å². The van der Waals surface area contributed by atoms with Crippen LogP contribution in [0.25, 0.3) is 0 Å². The van der Waals surface area contributed by atoms with Crippen molar-refractivity contribution in [3.05, 3.63) is 35.6 Å². The zero-order valence-electron chi connectivity index (χ0n) is 12.3. The fourth-order valence-electron chi connectivity index (χ4n) is 2.55. The van der Waals surface area contributed by atoms with E-state index in [2.05, 4.69) is 10.6 Å². The Morgan fingerprint density at radius 1 is 1.35 bits per heavy atom. The number of nitrogens with two attached hydrogens (primary N) is 1. The second-order valence-corrected chi connectivity index (χ2v) is 7.68. The molecule has 4 N–H and O–H groups in total. The Kier molecular flexibility index (Phi) is 5.19. The number of nitrogens with one attached hydrogen (secondary N) is 2. The maximum atomic E-state index is 13.8. The van der Waals surface area contributed by atoms with E-state index in [-0.39, 0.29) is 23.5 Å². The fourth-order valence-corrected chi connectivity index (χ4v) is 4.22. The largest absolute Gasteiger partial charge is 0.352 e. The van der Waals surface area contributed by atoms with E-state index in [1.54, 1.807) is 6.07 Å². The summed E-state index contributed by atoms with van der Waals surface area (Å²) in [5, 5.41) is 4.92. The quantitative estimate of drug-likeness (QED) is 0.709. The van der Waals surface area contributed by atoms with E-state index in [0.717, 1.165) is 0 Å². The van der Waals surface area contributed by atoms with Crippen LogP contribution in [-0.4, -0.2) is 37.9 Å². The van der Waals surface area contributed by atoms with Gasteiger partial charge in [-0.3, -0.25) is 4.79 Å². The molecule has 1 aromatic rings. The molecule has 1 saturated heterocycles. The van der Waals surface area contributed by atoms with Crippen LogP contribution in [0.1, 0.15) is 24.4 Å². The maximum absolute atomic E-state index is 13.8. The Morgan fingerprint density at radius 3 is 2.61 bits per heavy atom. The molecule has 1 aromatic carbocycles. The van der Waals surface area contributed by atoms with Crippen molar-refractivity contribution in [2.24, 2.45) is 5.73 Å². The Hall–Kier alpha value is -2.16. The lowest BCUT2D eigenvalue weighted by molar-refractivity contribution is -0.122. The van der Waals surface area contributed by atoms with Gasteiger partial charge in [-0.25, -0.2) is 17.6 Å². The molecule has 1 fully saturated rings. The molecule has 1 aliphatic rings. The summed E-state index contributed by atoms with van der Waals surface area (Å²) in [6.45, 7) is 0. The highest BCUT2D eigenvalue weighted by Crippen LogP contribution is 2.20. The number of sulfone groups is 1. The minimum Gasteiger partial charge on any atom is -0.352 e. The monoisotopic (exact) mass is 343 g/mol. The number of amides is 3. The molecule has 0 bridgehead atoms. The number of rotatable bonds is 5. The van der Waals surface area contributed by atoms with Gasteiger partial charge in [-0.2, -0.15) is 0 Å².